The molecule has 0 atom stereocenters. The molecule has 0 aliphatic rings. The SMILES string of the molecule is COc1ccc(CCN(Cc2ccc(OCc3ccccc3)cc2)Cc2nc(C(=O)NCc3ccco3)cs2)cc1OC. The maximum atomic E-state index is 12.7. The zero-order valence-electron chi connectivity index (χ0n) is 24.3. The van der Waals surface area contributed by atoms with Crippen LogP contribution in [0.15, 0.2) is 101 Å². The maximum Gasteiger partial charge on any atom is 0.271 e. The Morgan fingerprint density at radius 2 is 1.67 bits per heavy atom. The standard InChI is InChI=1S/C34H35N3O5S/c1-39-31-15-12-25(19-32(31)40-2)16-17-37(21-26-10-13-28(14-11-26)42-23-27-7-4-3-5-8-27)22-33-36-30(24-43-33)34(38)35-20-29-9-6-18-41-29/h3-15,18-19,24H,16-17,20-23H2,1-2H3,(H,35,38). The highest BCUT2D eigenvalue weighted by molar-refractivity contribution is 7.09. The number of aromatic nitrogens is 1. The van der Waals surface area contributed by atoms with Crippen LogP contribution in [0.25, 0.3) is 0 Å². The van der Waals surface area contributed by atoms with E-state index >= 15 is 0 Å². The molecule has 0 radical (unpaired) electrons. The lowest BCUT2D eigenvalue weighted by Gasteiger charge is -2.22. The number of amides is 1. The number of hydrogen-bond acceptors (Lipinski definition) is 8. The van der Waals surface area contributed by atoms with Crippen molar-refractivity contribution in [2.75, 3.05) is 20.8 Å². The van der Waals surface area contributed by atoms with Crippen molar-refractivity contribution in [2.45, 2.75) is 32.7 Å². The van der Waals surface area contributed by atoms with E-state index in [0.717, 1.165) is 40.4 Å². The molecule has 5 aromatic rings. The molecule has 2 heterocycles. The van der Waals surface area contributed by atoms with Crippen molar-refractivity contribution in [3.8, 4) is 17.2 Å². The van der Waals surface area contributed by atoms with Crippen LogP contribution in [-0.2, 0) is 32.7 Å². The largest absolute Gasteiger partial charge is 0.493 e. The van der Waals surface area contributed by atoms with Crippen molar-refractivity contribution < 1.29 is 23.4 Å². The zero-order valence-corrected chi connectivity index (χ0v) is 25.1. The zero-order chi connectivity index (χ0) is 29.9. The number of ether oxygens (including phenoxy) is 3. The number of thiazole rings is 1. The molecule has 0 aliphatic carbocycles. The van der Waals surface area contributed by atoms with Crippen LogP contribution in [-0.4, -0.2) is 36.6 Å². The van der Waals surface area contributed by atoms with Crippen LogP contribution in [0.4, 0.5) is 0 Å². The predicted molar refractivity (Wildman–Crippen MR) is 167 cm³/mol. The van der Waals surface area contributed by atoms with E-state index < -0.39 is 0 Å². The van der Waals surface area contributed by atoms with E-state index in [4.69, 9.17) is 18.6 Å². The number of nitrogens with one attached hydrogen (secondary N) is 1. The molecule has 0 unspecified atom stereocenters. The quantitative estimate of drug-likeness (QED) is 0.147. The summed E-state index contributed by atoms with van der Waals surface area (Å²) in [5, 5.41) is 5.54. The fourth-order valence-corrected chi connectivity index (χ4v) is 5.39. The van der Waals surface area contributed by atoms with Crippen LogP contribution in [0, 0.1) is 0 Å². The van der Waals surface area contributed by atoms with Gasteiger partial charge in [-0.1, -0.05) is 48.5 Å². The van der Waals surface area contributed by atoms with E-state index in [9.17, 15) is 4.79 Å². The van der Waals surface area contributed by atoms with Gasteiger partial charge in [0, 0.05) is 18.5 Å². The Morgan fingerprint density at radius 3 is 2.42 bits per heavy atom. The van der Waals surface area contributed by atoms with Crippen molar-refractivity contribution in [1.29, 1.82) is 0 Å². The lowest BCUT2D eigenvalue weighted by Crippen LogP contribution is -2.26. The molecular formula is C34H35N3O5S. The molecule has 0 fully saturated rings. The van der Waals surface area contributed by atoms with Crippen LogP contribution < -0.4 is 19.5 Å². The van der Waals surface area contributed by atoms with Gasteiger partial charge in [0.1, 0.15) is 28.8 Å². The Hall–Kier alpha value is -4.60. The van der Waals surface area contributed by atoms with Gasteiger partial charge >= 0.3 is 0 Å². The Kier molecular flexibility index (Phi) is 10.5. The van der Waals surface area contributed by atoms with Gasteiger partial charge in [-0.15, -0.1) is 11.3 Å². The number of nitrogens with zero attached hydrogens (tertiary/aromatic N) is 2. The Balaban J connectivity index is 1.24. The first-order valence-corrected chi connectivity index (χ1v) is 14.9. The minimum atomic E-state index is -0.220. The predicted octanol–water partition coefficient (Wildman–Crippen LogP) is 6.51. The highest BCUT2D eigenvalue weighted by atomic mass is 32.1. The van der Waals surface area contributed by atoms with E-state index in [1.165, 1.54) is 11.3 Å². The highest BCUT2D eigenvalue weighted by Gasteiger charge is 2.15. The van der Waals surface area contributed by atoms with Crippen LogP contribution in [0.3, 0.4) is 0 Å². The number of hydrogen-bond donors (Lipinski definition) is 1. The summed E-state index contributed by atoms with van der Waals surface area (Å²) in [6.45, 7) is 2.95. The van der Waals surface area contributed by atoms with Crippen molar-refractivity contribution in [2.24, 2.45) is 0 Å². The van der Waals surface area contributed by atoms with E-state index in [-0.39, 0.29) is 5.91 Å². The minimum Gasteiger partial charge on any atom is -0.493 e. The molecule has 0 bridgehead atoms. The summed E-state index contributed by atoms with van der Waals surface area (Å²) < 4.78 is 22.2. The number of carbonyl (C=O) groups excluding carboxylic acids is 1. The van der Waals surface area contributed by atoms with Gasteiger partial charge in [0.15, 0.2) is 11.5 Å². The molecule has 3 aromatic carbocycles. The van der Waals surface area contributed by atoms with E-state index in [1.807, 2.05) is 48.5 Å². The lowest BCUT2D eigenvalue weighted by molar-refractivity contribution is 0.0943. The number of methoxy groups -OCH3 is 2. The first-order valence-electron chi connectivity index (χ1n) is 14.0. The Labute approximate surface area is 255 Å². The second kappa shape index (κ2) is 15.0. The van der Waals surface area contributed by atoms with Crippen molar-refractivity contribution in [3.63, 3.8) is 0 Å². The van der Waals surface area contributed by atoms with Crippen molar-refractivity contribution in [1.82, 2.24) is 15.2 Å². The summed E-state index contributed by atoms with van der Waals surface area (Å²) in [6, 6.07) is 28.0. The molecule has 0 aliphatic heterocycles. The molecule has 222 valence electrons. The van der Waals surface area contributed by atoms with Crippen LogP contribution in [0.1, 0.15) is 37.9 Å². The van der Waals surface area contributed by atoms with Gasteiger partial charge in [0.05, 0.1) is 33.6 Å². The molecule has 5 rings (SSSR count). The third kappa shape index (κ3) is 8.70. The molecular weight excluding hydrogens is 562 g/mol. The summed E-state index contributed by atoms with van der Waals surface area (Å²) in [6.07, 6.45) is 2.39. The van der Waals surface area contributed by atoms with Gasteiger partial charge in [-0.3, -0.25) is 9.69 Å². The van der Waals surface area contributed by atoms with Crippen LogP contribution in [0.2, 0.25) is 0 Å². The average Bonchev–Trinajstić information content (AvgIpc) is 3.75. The third-order valence-electron chi connectivity index (χ3n) is 6.89. The molecule has 0 saturated carbocycles. The molecule has 0 saturated heterocycles. The Morgan fingerprint density at radius 1 is 0.884 bits per heavy atom. The molecule has 9 heteroatoms. The van der Waals surface area contributed by atoms with Crippen LogP contribution >= 0.6 is 11.3 Å². The summed E-state index contributed by atoms with van der Waals surface area (Å²) >= 11 is 1.49. The first kappa shape index (κ1) is 29.9. The summed E-state index contributed by atoms with van der Waals surface area (Å²) in [5.41, 5.74) is 3.84. The average molecular weight is 598 g/mol. The normalized spacial score (nSPS) is 11.0. The molecule has 2 aromatic heterocycles. The van der Waals surface area contributed by atoms with Gasteiger partial charge < -0.3 is 23.9 Å². The second-order valence-corrected chi connectivity index (χ2v) is 10.9. The third-order valence-corrected chi connectivity index (χ3v) is 7.72. The molecule has 43 heavy (non-hydrogen) atoms. The van der Waals surface area contributed by atoms with Gasteiger partial charge in [-0.25, -0.2) is 4.98 Å². The van der Waals surface area contributed by atoms with Gasteiger partial charge in [-0.05, 0) is 59.5 Å². The fourth-order valence-electron chi connectivity index (χ4n) is 4.58. The molecule has 8 nitrogen and oxygen atoms in total. The van der Waals surface area contributed by atoms with Gasteiger partial charge in [0.2, 0.25) is 0 Å². The number of furan rings is 1. The van der Waals surface area contributed by atoms with Crippen LogP contribution in [0.5, 0.6) is 17.2 Å². The van der Waals surface area contributed by atoms with E-state index in [0.29, 0.717) is 49.2 Å². The maximum absolute atomic E-state index is 12.7. The number of benzene rings is 3. The summed E-state index contributed by atoms with van der Waals surface area (Å²) in [7, 11) is 3.28. The molecule has 0 spiro atoms. The smallest absolute Gasteiger partial charge is 0.271 e. The van der Waals surface area contributed by atoms with Gasteiger partial charge in [0.25, 0.3) is 5.91 Å². The number of carbonyl (C=O) groups is 1. The Bertz CT molecular complexity index is 1570. The summed E-state index contributed by atoms with van der Waals surface area (Å²) in [5.74, 6) is 2.72. The lowest BCUT2D eigenvalue weighted by atomic mass is 10.1. The van der Waals surface area contributed by atoms with E-state index in [2.05, 4.69) is 45.5 Å². The topological polar surface area (TPSA) is 86.1 Å². The van der Waals surface area contributed by atoms with Gasteiger partial charge in [-0.2, -0.15) is 0 Å². The summed E-state index contributed by atoms with van der Waals surface area (Å²) in [4.78, 5) is 19.6. The molecule has 1 N–H and O–H groups in total. The number of rotatable bonds is 15. The highest BCUT2D eigenvalue weighted by Crippen LogP contribution is 2.28. The molecule has 1 amide bonds. The van der Waals surface area contributed by atoms with E-state index in [1.54, 1.807) is 31.9 Å². The minimum absolute atomic E-state index is 0.220. The van der Waals surface area contributed by atoms with Crippen molar-refractivity contribution in [3.05, 3.63) is 130 Å². The monoisotopic (exact) mass is 597 g/mol. The second-order valence-electron chi connectivity index (χ2n) is 9.96. The first-order chi connectivity index (χ1) is 21.1. The van der Waals surface area contributed by atoms with Crippen molar-refractivity contribution >= 4 is 17.2 Å². The fraction of sp³-hybridized carbons (Fsp3) is 0.235.